The Labute approximate surface area is 310 Å². The molecule has 0 saturated carbocycles. The van der Waals surface area contributed by atoms with E-state index >= 15 is 0 Å². The molecule has 53 heavy (non-hydrogen) atoms. The summed E-state index contributed by atoms with van der Waals surface area (Å²) in [6, 6.07) is 15.5. The molecule has 4 aromatic rings. The number of anilines is 1. The second-order valence-electron chi connectivity index (χ2n) is 12.3. The van der Waals surface area contributed by atoms with Gasteiger partial charge in [-0.1, -0.05) is 17.7 Å². The SMILES string of the molecule is COC(=O)C1=C(CN2CCN3C(=O)N(c4ccc(Oc5ccc(OCC(F)(F)F)cc5)cc4)C[C@@H]3C2)NC(c2nccs2)=N[C@H]1c1ccc(F)cc1Cl. The predicted octanol–water partition coefficient (Wildman–Crippen LogP) is 6.81. The number of hydrogen-bond acceptors (Lipinski definition) is 10. The van der Waals surface area contributed by atoms with Crippen LogP contribution in [0.1, 0.15) is 16.6 Å². The monoisotopic (exact) mass is 770 g/mol. The van der Waals surface area contributed by atoms with Crippen LogP contribution in [0.5, 0.6) is 17.2 Å². The Morgan fingerprint density at radius 3 is 2.40 bits per heavy atom. The molecule has 17 heteroatoms. The molecule has 1 aromatic heterocycles. The largest absolute Gasteiger partial charge is 0.484 e. The number of piperazine rings is 1. The molecular weight excluding hydrogens is 740 g/mol. The molecule has 2 fully saturated rings. The van der Waals surface area contributed by atoms with E-state index in [1.165, 1.54) is 60.9 Å². The minimum atomic E-state index is -4.43. The van der Waals surface area contributed by atoms with Gasteiger partial charge < -0.3 is 24.4 Å². The van der Waals surface area contributed by atoms with Crippen LogP contribution in [0.25, 0.3) is 0 Å². The molecule has 4 heterocycles. The summed E-state index contributed by atoms with van der Waals surface area (Å²) in [7, 11) is 1.28. The van der Waals surface area contributed by atoms with Crippen molar-refractivity contribution in [2.45, 2.75) is 18.3 Å². The fourth-order valence-electron chi connectivity index (χ4n) is 6.42. The van der Waals surface area contributed by atoms with Gasteiger partial charge in [-0.3, -0.25) is 14.8 Å². The fraction of sp³-hybridized carbons (Fsp3) is 0.278. The second kappa shape index (κ2) is 15.0. The number of halogens is 5. The highest BCUT2D eigenvalue weighted by Gasteiger charge is 2.42. The van der Waals surface area contributed by atoms with Gasteiger partial charge in [0.15, 0.2) is 17.5 Å². The number of carbonyl (C=O) groups excluding carboxylic acids is 2. The maximum Gasteiger partial charge on any atom is 0.422 e. The van der Waals surface area contributed by atoms with Crippen LogP contribution in [0.15, 0.2) is 94.6 Å². The van der Waals surface area contributed by atoms with Crippen LogP contribution in [0, 0.1) is 5.82 Å². The molecule has 2 saturated heterocycles. The van der Waals surface area contributed by atoms with Gasteiger partial charge in [-0.2, -0.15) is 13.2 Å². The number of rotatable bonds is 10. The van der Waals surface area contributed by atoms with Crippen LogP contribution in [0.2, 0.25) is 5.02 Å². The van der Waals surface area contributed by atoms with E-state index in [4.69, 9.17) is 30.8 Å². The number of ether oxygens (including phenoxy) is 3. The van der Waals surface area contributed by atoms with E-state index in [2.05, 4.69) is 15.2 Å². The first-order chi connectivity index (χ1) is 25.5. The van der Waals surface area contributed by atoms with Gasteiger partial charge >= 0.3 is 18.2 Å². The third-order valence-corrected chi connectivity index (χ3v) is 9.96. The summed E-state index contributed by atoms with van der Waals surface area (Å²) in [4.78, 5) is 41.8. The Bertz CT molecular complexity index is 2050. The first-order valence-corrected chi connectivity index (χ1v) is 17.6. The van der Waals surface area contributed by atoms with Crippen molar-refractivity contribution in [1.29, 1.82) is 0 Å². The Kier molecular flexibility index (Phi) is 10.3. The van der Waals surface area contributed by atoms with Crippen LogP contribution in [0.4, 0.5) is 28.0 Å². The minimum Gasteiger partial charge on any atom is -0.484 e. The number of amidine groups is 1. The van der Waals surface area contributed by atoms with E-state index in [1.807, 2.05) is 10.3 Å². The van der Waals surface area contributed by atoms with Crippen molar-refractivity contribution in [3.63, 3.8) is 0 Å². The molecule has 0 radical (unpaired) electrons. The molecule has 0 aliphatic carbocycles. The Morgan fingerprint density at radius 1 is 1.02 bits per heavy atom. The van der Waals surface area contributed by atoms with E-state index in [9.17, 15) is 27.2 Å². The number of nitrogens with zero attached hydrogens (tertiary/aromatic N) is 5. The van der Waals surface area contributed by atoms with E-state index in [0.29, 0.717) is 72.0 Å². The summed E-state index contributed by atoms with van der Waals surface area (Å²) in [5.74, 6) is 0.253. The number of aliphatic imine (C=N–C) groups is 1. The lowest BCUT2D eigenvalue weighted by molar-refractivity contribution is -0.153. The lowest BCUT2D eigenvalue weighted by atomic mass is 9.95. The molecule has 11 nitrogen and oxygen atoms in total. The average molecular weight is 771 g/mol. The lowest BCUT2D eigenvalue weighted by Gasteiger charge is -2.38. The van der Waals surface area contributed by atoms with Crippen molar-refractivity contribution in [2.24, 2.45) is 4.99 Å². The second-order valence-corrected chi connectivity index (χ2v) is 13.6. The predicted molar refractivity (Wildman–Crippen MR) is 189 cm³/mol. The number of nitrogens with one attached hydrogen (secondary N) is 1. The number of benzene rings is 3. The Hall–Kier alpha value is -5.19. The van der Waals surface area contributed by atoms with Crippen LogP contribution >= 0.6 is 22.9 Å². The maximum atomic E-state index is 14.0. The number of amides is 2. The van der Waals surface area contributed by atoms with Crippen molar-refractivity contribution >= 4 is 46.5 Å². The van der Waals surface area contributed by atoms with Crippen LogP contribution < -0.4 is 19.7 Å². The quantitative estimate of drug-likeness (QED) is 0.139. The molecule has 3 aliphatic rings. The highest BCUT2D eigenvalue weighted by atomic mass is 35.5. The highest BCUT2D eigenvalue weighted by Crippen LogP contribution is 2.37. The van der Waals surface area contributed by atoms with Crippen LogP contribution in [0.3, 0.4) is 0 Å². The van der Waals surface area contributed by atoms with Crippen LogP contribution in [-0.4, -0.2) is 91.3 Å². The van der Waals surface area contributed by atoms with Crippen molar-refractivity contribution < 1.29 is 41.4 Å². The van der Waals surface area contributed by atoms with Gasteiger partial charge in [0, 0.05) is 66.3 Å². The lowest BCUT2D eigenvalue weighted by Crippen LogP contribution is -2.53. The molecule has 2 atom stereocenters. The number of thiazole rings is 1. The zero-order valence-corrected chi connectivity index (χ0v) is 29.6. The van der Waals surface area contributed by atoms with Gasteiger partial charge in [-0.05, 0) is 60.7 Å². The first-order valence-electron chi connectivity index (χ1n) is 16.3. The molecule has 7 rings (SSSR count). The third-order valence-electron chi connectivity index (χ3n) is 8.85. The van der Waals surface area contributed by atoms with Crippen molar-refractivity contribution in [3.05, 3.63) is 111 Å². The molecule has 2 amide bonds. The number of fused-ring (bicyclic) bond motifs is 1. The minimum absolute atomic E-state index is 0.0663. The fourth-order valence-corrected chi connectivity index (χ4v) is 7.28. The number of hydrogen-bond donors (Lipinski definition) is 1. The summed E-state index contributed by atoms with van der Waals surface area (Å²) >= 11 is 7.86. The van der Waals surface area contributed by atoms with Gasteiger partial charge in [0.25, 0.3) is 0 Å². The normalized spacial score (nSPS) is 19.1. The number of esters is 1. The molecule has 0 unspecified atom stereocenters. The summed E-state index contributed by atoms with van der Waals surface area (Å²) in [6.45, 7) is 0.816. The Morgan fingerprint density at radius 2 is 1.74 bits per heavy atom. The van der Waals surface area contributed by atoms with Crippen molar-refractivity contribution in [2.75, 3.05) is 51.3 Å². The van der Waals surface area contributed by atoms with Gasteiger partial charge in [0.05, 0.1) is 18.7 Å². The molecule has 3 aliphatic heterocycles. The molecule has 0 spiro atoms. The first kappa shape index (κ1) is 36.2. The summed E-state index contributed by atoms with van der Waals surface area (Å²) in [6.07, 6.45) is -2.79. The highest BCUT2D eigenvalue weighted by molar-refractivity contribution is 7.11. The van der Waals surface area contributed by atoms with E-state index in [1.54, 1.807) is 35.4 Å². The van der Waals surface area contributed by atoms with Gasteiger partial charge in [0.1, 0.15) is 29.1 Å². The third kappa shape index (κ3) is 8.09. The van der Waals surface area contributed by atoms with Gasteiger partial charge in [-0.15, -0.1) is 11.3 Å². The zero-order chi connectivity index (χ0) is 37.3. The standard InChI is InChI=1S/C36H31ClF4N6O5S/c1-50-34(48)30-29(43-32(33-42-12-15-53-33)44-31(30)27-11-2-21(38)16-28(27)37)19-45-13-14-46-23(17-45)18-47(35(46)49)22-3-5-25(6-4-22)52-26-9-7-24(8-10-26)51-20-36(39,40)41/h2-12,15-16,23,31H,13-14,17-20H2,1H3,(H,43,44)/t23-,31-/m0/s1. The summed E-state index contributed by atoms with van der Waals surface area (Å²) in [5, 5.41) is 5.83. The van der Waals surface area contributed by atoms with Crippen LogP contribution in [-0.2, 0) is 9.53 Å². The number of aromatic nitrogens is 1. The smallest absolute Gasteiger partial charge is 0.422 e. The Balaban J connectivity index is 1.05. The molecule has 0 bridgehead atoms. The zero-order valence-electron chi connectivity index (χ0n) is 28.0. The molecular formula is C36H31ClF4N6O5S. The summed E-state index contributed by atoms with van der Waals surface area (Å²) < 4.78 is 67.1. The molecule has 276 valence electrons. The van der Waals surface area contributed by atoms with Gasteiger partial charge in [0.2, 0.25) is 0 Å². The van der Waals surface area contributed by atoms with Gasteiger partial charge in [-0.25, -0.2) is 19.0 Å². The molecule has 1 N–H and O–H groups in total. The topological polar surface area (TPSA) is 109 Å². The number of carbonyl (C=O) groups is 2. The van der Waals surface area contributed by atoms with Crippen molar-refractivity contribution in [1.82, 2.24) is 20.1 Å². The van der Waals surface area contributed by atoms with E-state index in [-0.39, 0.29) is 28.4 Å². The number of urea groups is 1. The maximum absolute atomic E-state index is 14.0. The van der Waals surface area contributed by atoms with Crippen molar-refractivity contribution in [3.8, 4) is 17.2 Å². The molecule has 3 aromatic carbocycles. The number of methoxy groups -OCH3 is 1. The number of alkyl halides is 3. The summed E-state index contributed by atoms with van der Waals surface area (Å²) in [5.41, 5.74) is 1.89. The van der Waals surface area contributed by atoms with E-state index in [0.717, 1.165) is 0 Å². The van der Waals surface area contributed by atoms with E-state index < -0.39 is 30.6 Å². The average Bonchev–Trinajstić information content (AvgIpc) is 3.79.